The molecule has 158 valence electrons. The third-order valence-electron chi connectivity index (χ3n) is 5.13. The molecule has 32 heavy (non-hydrogen) atoms. The van der Waals surface area contributed by atoms with Crippen LogP contribution in [0.1, 0.15) is 11.1 Å². The van der Waals surface area contributed by atoms with Gasteiger partial charge in [0.15, 0.2) is 7.14 Å². The second-order valence-electron chi connectivity index (χ2n) is 7.27. The van der Waals surface area contributed by atoms with E-state index in [2.05, 4.69) is 0 Å². The molecule has 0 radical (unpaired) electrons. The van der Waals surface area contributed by atoms with Crippen molar-refractivity contribution >= 4 is 29.0 Å². The Morgan fingerprint density at radius 3 is 1.59 bits per heavy atom. The van der Waals surface area contributed by atoms with Crippen LogP contribution in [0.25, 0.3) is 5.31 Å². The highest BCUT2D eigenvalue weighted by Gasteiger charge is 2.33. The number of rotatable bonds is 7. The highest BCUT2D eigenvalue weighted by Crippen LogP contribution is 2.56. The number of hydrogen-bond acceptors (Lipinski definition) is 3. The van der Waals surface area contributed by atoms with E-state index in [4.69, 9.17) is 4.74 Å². The Bertz CT molecular complexity index is 1190. The Hall–Kier alpha value is -3.68. The van der Waals surface area contributed by atoms with Gasteiger partial charge < -0.3 is 9.30 Å². The van der Waals surface area contributed by atoms with E-state index in [1.54, 1.807) is 0 Å². The molecule has 0 bridgehead atoms. The molecule has 4 rings (SSSR count). The quantitative estimate of drug-likeness (QED) is 0.209. The van der Waals surface area contributed by atoms with Crippen molar-refractivity contribution in [2.45, 2.75) is 6.61 Å². The first kappa shape index (κ1) is 21.5. The van der Waals surface area contributed by atoms with Crippen LogP contribution >= 0.6 is 7.14 Å². The van der Waals surface area contributed by atoms with Crippen LogP contribution in [0.3, 0.4) is 0 Å². The normalized spacial score (nSPS) is 11.7. The standard InChI is InChI=1S/C28H23O3P/c29-28(31-22-23-13-5-1-6-14-23)21-27(24-15-7-2-8-16-24)32(30,25-17-9-3-10-18-25)26-19-11-4-12-20-26/h1-21H,22H2/b27-21+. The minimum atomic E-state index is -3.35. The highest BCUT2D eigenvalue weighted by atomic mass is 31.2. The van der Waals surface area contributed by atoms with Gasteiger partial charge in [0.1, 0.15) is 6.61 Å². The molecule has 0 amide bonds. The molecule has 0 aromatic heterocycles. The fourth-order valence-corrected chi connectivity index (χ4v) is 6.39. The van der Waals surface area contributed by atoms with Gasteiger partial charge >= 0.3 is 5.97 Å². The summed E-state index contributed by atoms with van der Waals surface area (Å²) in [4.78, 5) is 12.9. The maximum absolute atomic E-state index is 14.9. The van der Waals surface area contributed by atoms with Crippen molar-refractivity contribution in [2.75, 3.05) is 0 Å². The smallest absolute Gasteiger partial charge is 0.331 e. The SMILES string of the molecule is O=C(/C=C(\c1ccccc1)P(=O)(c1ccccc1)c1ccccc1)OCc1ccccc1. The van der Waals surface area contributed by atoms with Crippen LogP contribution in [0.2, 0.25) is 0 Å². The monoisotopic (exact) mass is 438 g/mol. The zero-order valence-corrected chi connectivity index (χ0v) is 18.4. The minimum Gasteiger partial charge on any atom is -0.458 e. The molecular weight excluding hydrogens is 415 g/mol. The first-order chi connectivity index (χ1) is 15.7. The molecule has 3 nitrogen and oxygen atoms in total. The summed E-state index contributed by atoms with van der Waals surface area (Å²) < 4.78 is 20.4. The average Bonchev–Trinajstić information content (AvgIpc) is 2.88. The van der Waals surface area contributed by atoms with Gasteiger partial charge in [-0.3, -0.25) is 0 Å². The molecule has 0 saturated carbocycles. The van der Waals surface area contributed by atoms with Crippen molar-refractivity contribution < 1.29 is 14.1 Å². The molecule has 4 heteroatoms. The number of ether oxygens (including phenoxy) is 1. The van der Waals surface area contributed by atoms with Gasteiger partial charge in [-0.15, -0.1) is 0 Å². The lowest BCUT2D eigenvalue weighted by Gasteiger charge is -2.23. The molecule has 4 aromatic rings. The van der Waals surface area contributed by atoms with Gasteiger partial charge in [-0.25, -0.2) is 4.79 Å². The fourth-order valence-electron chi connectivity index (χ4n) is 3.55. The van der Waals surface area contributed by atoms with Gasteiger partial charge in [0.25, 0.3) is 0 Å². The van der Waals surface area contributed by atoms with Gasteiger partial charge in [-0.05, 0) is 11.1 Å². The molecule has 0 N–H and O–H groups in total. The summed E-state index contributed by atoms with van der Waals surface area (Å²) in [5.41, 5.74) is 1.62. The van der Waals surface area contributed by atoms with Crippen molar-refractivity contribution in [3.63, 3.8) is 0 Å². The largest absolute Gasteiger partial charge is 0.458 e. The molecule has 0 aliphatic rings. The second-order valence-corrected chi connectivity index (χ2v) is 10.0. The highest BCUT2D eigenvalue weighted by molar-refractivity contribution is 7.87. The summed E-state index contributed by atoms with van der Waals surface area (Å²) >= 11 is 0. The zero-order valence-electron chi connectivity index (χ0n) is 17.5. The average molecular weight is 438 g/mol. The summed E-state index contributed by atoms with van der Waals surface area (Å²) in [6, 6.07) is 37.5. The first-order valence-electron chi connectivity index (χ1n) is 10.4. The van der Waals surface area contributed by atoms with Crippen LogP contribution in [0.5, 0.6) is 0 Å². The molecule has 0 heterocycles. The first-order valence-corrected chi connectivity index (χ1v) is 12.1. The van der Waals surface area contributed by atoms with Gasteiger partial charge in [0.05, 0.1) is 0 Å². The van der Waals surface area contributed by atoms with E-state index in [9.17, 15) is 9.36 Å². The van der Waals surface area contributed by atoms with Gasteiger partial charge in [0, 0.05) is 22.0 Å². The van der Waals surface area contributed by atoms with Crippen LogP contribution < -0.4 is 10.6 Å². The summed E-state index contributed by atoms with van der Waals surface area (Å²) in [5.74, 6) is -0.528. The predicted octanol–water partition coefficient (Wildman–Crippen LogP) is 5.79. The lowest BCUT2D eigenvalue weighted by Crippen LogP contribution is -2.18. The van der Waals surface area contributed by atoms with Crippen LogP contribution in [-0.2, 0) is 20.7 Å². The summed E-state index contributed by atoms with van der Waals surface area (Å²) in [6.45, 7) is 0.152. The van der Waals surface area contributed by atoms with Crippen LogP contribution in [0.4, 0.5) is 0 Å². The van der Waals surface area contributed by atoms with Crippen molar-refractivity contribution in [3.05, 3.63) is 139 Å². The molecule has 0 aliphatic heterocycles. The van der Waals surface area contributed by atoms with Crippen LogP contribution in [-0.4, -0.2) is 5.97 Å². The molecule has 0 aliphatic carbocycles. The Labute approximate surface area is 188 Å². The topological polar surface area (TPSA) is 43.4 Å². The zero-order chi connectivity index (χ0) is 22.2. The molecule has 0 saturated heterocycles. The Morgan fingerprint density at radius 2 is 1.09 bits per heavy atom. The maximum atomic E-state index is 14.9. The number of carbonyl (C=O) groups is 1. The van der Waals surface area contributed by atoms with Gasteiger partial charge in [-0.1, -0.05) is 121 Å². The lowest BCUT2D eigenvalue weighted by molar-refractivity contribution is -0.138. The fraction of sp³-hybridized carbons (Fsp3) is 0.0357. The van der Waals surface area contributed by atoms with Crippen molar-refractivity contribution in [2.24, 2.45) is 0 Å². The van der Waals surface area contributed by atoms with Crippen LogP contribution in [0, 0.1) is 0 Å². The van der Waals surface area contributed by atoms with Gasteiger partial charge in [-0.2, -0.15) is 0 Å². The molecule has 0 atom stereocenters. The van der Waals surface area contributed by atoms with Crippen molar-refractivity contribution in [1.82, 2.24) is 0 Å². The van der Waals surface area contributed by atoms with E-state index in [-0.39, 0.29) is 6.61 Å². The lowest BCUT2D eigenvalue weighted by atomic mass is 10.2. The Morgan fingerprint density at radius 1 is 0.656 bits per heavy atom. The van der Waals surface area contributed by atoms with Gasteiger partial charge in [0.2, 0.25) is 0 Å². The molecule has 0 unspecified atom stereocenters. The Kier molecular flexibility index (Phi) is 6.79. The third-order valence-corrected chi connectivity index (χ3v) is 8.24. The number of hydrogen-bond donors (Lipinski definition) is 0. The molecular formula is C28H23O3P. The van der Waals surface area contributed by atoms with E-state index in [1.807, 2.05) is 121 Å². The van der Waals surface area contributed by atoms with E-state index >= 15 is 0 Å². The Balaban J connectivity index is 1.81. The van der Waals surface area contributed by atoms with Crippen LogP contribution in [0.15, 0.2) is 127 Å². The van der Waals surface area contributed by atoms with E-state index < -0.39 is 13.1 Å². The van der Waals surface area contributed by atoms with E-state index in [0.29, 0.717) is 15.9 Å². The van der Waals surface area contributed by atoms with Crippen molar-refractivity contribution in [3.8, 4) is 0 Å². The predicted molar refractivity (Wildman–Crippen MR) is 130 cm³/mol. The molecule has 4 aromatic carbocycles. The molecule has 0 spiro atoms. The number of carbonyl (C=O) groups excluding carboxylic acids is 1. The van der Waals surface area contributed by atoms with Crippen molar-refractivity contribution in [1.29, 1.82) is 0 Å². The summed E-state index contributed by atoms with van der Waals surface area (Å²) in [5, 5.41) is 1.78. The van der Waals surface area contributed by atoms with E-state index in [1.165, 1.54) is 6.08 Å². The van der Waals surface area contributed by atoms with E-state index in [0.717, 1.165) is 11.1 Å². The summed E-state index contributed by atoms with van der Waals surface area (Å²) in [6.07, 6.45) is 1.39. The summed E-state index contributed by atoms with van der Waals surface area (Å²) in [7, 11) is -3.35. The number of benzene rings is 4. The molecule has 0 fully saturated rings. The third kappa shape index (κ3) is 4.80. The minimum absolute atomic E-state index is 0.152. The maximum Gasteiger partial charge on any atom is 0.331 e. The second kappa shape index (κ2) is 10.1. The number of esters is 1.